The average Bonchev–Trinajstić information content (AvgIpc) is 2.35. The number of pyridine rings is 1. The van der Waals surface area contributed by atoms with Gasteiger partial charge in [-0.2, -0.15) is 13.8 Å². The number of hydrogen-bond donors (Lipinski definition) is 0. The van der Waals surface area contributed by atoms with Crippen molar-refractivity contribution in [2.24, 2.45) is 0 Å². The first kappa shape index (κ1) is 14.9. The monoisotopic (exact) mass is 263 g/mol. The van der Waals surface area contributed by atoms with E-state index in [1.54, 1.807) is 0 Å². The Morgan fingerprint density at radius 1 is 0.778 bits per heavy atom. The van der Waals surface area contributed by atoms with Gasteiger partial charge < -0.3 is 0 Å². The van der Waals surface area contributed by atoms with Gasteiger partial charge in [0.1, 0.15) is 0 Å². The van der Waals surface area contributed by atoms with Crippen molar-refractivity contribution >= 4 is 0 Å². The molecular weight excluding hydrogens is 246 g/mol. The van der Waals surface area contributed by atoms with E-state index in [4.69, 9.17) is 0 Å². The third kappa shape index (κ3) is 3.96. The molecule has 0 amide bonds. The zero-order valence-corrected chi connectivity index (χ0v) is 10.4. The second kappa shape index (κ2) is 7.34. The lowest BCUT2D eigenvalue weighted by Crippen LogP contribution is -2.06. The molecule has 0 aliphatic carbocycles. The van der Waals surface area contributed by atoms with Gasteiger partial charge in [-0.1, -0.05) is 39.0 Å². The predicted molar refractivity (Wildman–Crippen MR) is 61.1 cm³/mol. The van der Waals surface area contributed by atoms with E-state index in [0.717, 1.165) is 32.1 Å². The van der Waals surface area contributed by atoms with Crippen LogP contribution in [0, 0.1) is 23.5 Å². The summed E-state index contributed by atoms with van der Waals surface area (Å²) in [4.78, 5) is 2.52. The lowest BCUT2D eigenvalue weighted by atomic mass is 10.0. The Labute approximate surface area is 104 Å². The Morgan fingerprint density at radius 2 is 1.28 bits per heavy atom. The molecule has 18 heavy (non-hydrogen) atoms. The van der Waals surface area contributed by atoms with Crippen LogP contribution in [0.2, 0.25) is 0 Å². The molecule has 0 saturated carbocycles. The Kier molecular flexibility index (Phi) is 6.09. The summed E-state index contributed by atoms with van der Waals surface area (Å²) < 4.78 is 52.1. The van der Waals surface area contributed by atoms with E-state index in [-0.39, 0.29) is 6.42 Å². The molecule has 5 heteroatoms. The lowest BCUT2D eigenvalue weighted by Gasteiger charge is -2.06. The van der Waals surface area contributed by atoms with Crippen LogP contribution in [-0.2, 0) is 6.42 Å². The van der Waals surface area contributed by atoms with E-state index in [1.807, 2.05) is 0 Å². The van der Waals surface area contributed by atoms with Crippen LogP contribution in [0.3, 0.4) is 0 Å². The number of hydrogen-bond acceptors (Lipinski definition) is 1. The van der Waals surface area contributed by atoms with E-state index in [9.17, 15) is 17.6 Å². The summed E-state index contributed by atoms with van der Waals surface area (Å²) >= 11 is 0. The van der Waals surface area contributed by atoms with Crippen LogP contribution in [0.1, 0.15) is 51.0 Å². The molecule has 1 rings (SSSR count). The van der Waals surface area contributed by atoms with Gasteiger partial charge in [0.25, 0.3) is 11.9 Å². The van der Waals surface area contributed by atoms with E-state index >= 15 is 0 Å². The standard InChI is InChI=1S/C13H17F4N/c1-2-3-4-5-6-7-8-9-10(14)12(16)18-13(17)11(9)15/h2-8H2,1H3. The predicted octanol–water partition coefficient (Wildman–Crippen LogP) is 4.54. The second-order valence-electron chi connectivity index (χ2n) is 4.32. The highest BCUT2D eigenvalue weighted by molar-refractivity contribution is 5.17. The summed E-state index contributed by atoms with van der Waals surface area (Å²) in [5, 5.41) is 0. The number of nitrogens with zero attached hydrogens (tertiary/aromatic N) is 1. The molecule has 0 atom stereocenters. The van der Waals surface area contributed by atoms with Crippen molar-refractivity contribution in [3.05, 3.63) is 29.1 Å². The van der Waals surface area contributed by atoms with Gasteiger partial charge in [0.2, 0.25) is 0 Å². The number of unbranched alkanes of at least 4 members (excludes halogenated alkanes) is 5. The van der Waals surface area contributed by atoms with E-state index < -0.39 is 29.1 Å². The van der Waals surface area contributed by atoms with Gasteiger partial charge in [0.05, 0.1) is 0 Å². The van der Waals surface area contributed by atoms with Gasteiger partial charge >= 0.3 is 0 Å². The summed E-state index contributed by atoms with van der Waals surface area (Å²) in [7, 11) is 0. The fourth-order valence-corrected chi connectivity index (χ4v) is 1.83. The molecule has 1 heterocycles. The summed E-state index contributed by atoms with van der Waals surface area (Å²) in [5.74, 6) is -5.89. The van der Waals surface area contributed by atoms with Gasteiger partial charge in [-0.3, -0.25) is 0 Å². The molecule has 1 nitrogen and oxygen atoms in total. The normalized spacial score (nSPS) is 10.9. The lowest BCUT2D eigenvalue weighted by molar-refractivity contribution is 0.393. The fourth-order valence-electron chi connectivity index (χ4n) is 1.83. The van der Waals surface area contributed by atoms with Crippen molar-refractivity contribution in [2.45, 2.75) is 51.9 Å². The molecule has 0 spiro atoms. The maximum atomic E-state index is 13.2. The van der Waals surface area contributed by atoms with Crippen molar-refractivity contribution in [3.8, 4) is 0 Å². The van der Waals surface area contributed by atoms with Crippen LogP contribution in [0.4, 0.5) is 17.6 Å². The highest BCUT2D eigenvalue weighted by Crippen LogP contribution is 2.19. The van der Waals surface area contributed by atoms with E-state index in [0.29, 0.717) is 6.42 Å². The van der Waals surface area contributed by atoms with Crippen LogP contribution >= 0.6 is 0 Å². The van der Waals surface area contributed by atoms with Crippen molar-refractivity contribution < 1.29 is 17.6 Å². The van der Waals surface area contributed by atoms with Crippen LogP contribution in [0.15, 0.2) is 0 Å². The Balaban J connectivity index is 2.52. The Hall–Kier alpha value is -1.13. The minimum absolute atomic E-state index is 0.000150. The Morgan fingerprint density at radius 3 is 1.83 bits per heavy atom. The van der Waals surface area contributed by atoms with Crippen molar-refractivity contribution in [1.82, 2.24) is 4.98 Å². The first-order chi connectivity index (χ1) is 8.57. The fraction of sp³-hybridized carbons (Fsp3) is 0.615. The van der Waals surface area contributed by atoms with Crippen molar-refractivity contribution in [3.63, 3.8) is 0 Å². The van der Waals surface area contributed by atoms with E-state index in [2.05, 4.69) is 11.9 Å². The largest absolute Gasteiger partial charge is 0.252 e. The van der Waals surface area contributed by atoms with Crippen LogP contribution in [0.25, 0.3) is 0 Å². The molecule has 0 bridgehead atoms. The molecule has 0 radical (unpaired) electrons. The molecule has 0 aliphatic rings. The zero-order valence-electron chi connectivity index (χ0n) is 10.4. The second-order valence-corrected chi connectivity index (χ2v) is 4.32. The SMILES string of the molecule is CCCCCCCCc1c(F)c(F)nc(F)c1F. The van der Waals surface area contributed by atoms with Crippen LogP contribution in [0.5, 0.6) is 0 Å². The van der Waals surface area contributed by atoms with Gasteiger partial charge in [-0.25, -0.2) is 8.78 Å². The smallest absolute Gasteiger partial charge is 0.202 e. The highest BCUT2D eigenvalue weighted by Gasteiger charge is 2.19. The summed E-state index contributed by atoms with van der Waals surface area (Å²) in [6, 6.07) is 0. The van der Waals surface area contributed by atoms with Crippen molar-refractivity contribution in [2.75, 3.05) is 0 Å². The summed E-state index contributed by atoms with van der Waals surface area (Å²) in [6.45, 7) is 2.09. The van der Waals surface area contributed by atoms with Gasteiger partial charge in [0.15, 0.2) is 11.6 Å². The maximum Gasteiger partial charge on any atom is 0.252 e. The molecule has 0 aliphatic heterocycles. The summed E-state index contributed by atoms with van der Waals surface area (Å²) in [5.41, 5.74) is -0.532. The molecule has 1 aromatic rings. The van der Waals surface area contributed by atoms with Gasteiger partial charge in [0, 0.05) is 5.56 Å². The minimum atomic E-state index is -1.57. The molecule has 0 saturated heterocycles. The third-order valence-electron chi connectivity index (χ3n) is 2.87. The number of halogens is 4. The van der Waals surface area contributed by atoms with Crippen LogP contribution < -0.4 is 0 Å². The van der Waals surface area contributed by atoms with E-state index in [1.165, 1.54) is 0 Å². The molecule has 102 valence electrons. The molecule has 0 N–H and O–H groups in total. The first-order valence-electron chi connectivity index (χ1n) is 6.26. The quantitative estimate of drug-likeness (QED) is 0.400. The first-order valence-corrected chi connectivity index (χ1v) is 6.26. The molecule has 1 aromatic heterocycles. The number of aromatic nitrogens is 1. The Bertz CT molecular complexity index is 367. The average molecular weight is 263 g/mol. The molecule has 0 unspecified atom stereocenters. The zero-order chi connectivity index (χ0) is 13.5. The van der Waals surface area contributed by atoms with Crippen LogP contribution in [-0.4, -0.2) is 4.98 Å². The minimum Gasteiger partial charge on any atom is -0.202 e. The number of rotatable bonds is 7. The molecule has 0 fully saturated rings. The van der Waals surface area contributed by atoms with Gasteiger partial charge in [-0.15, -0.1) is 0 Å². The highest BCUT2D eigenvalue weighted by atomic mass is 19.2. The molecular formula is C13H17F4N. The topological polar surface area (TPSA) is 12.9 Å². The summed E-state index contributed by atoms with van der Waals surface area (Å²) in [6.07, 6.45) is 5.59. The maximum absolute atomic E-state index is 13.2. The third-order valence-corrected chi connectivity index (χ3v) is 2.87. The van der Waals surface area contributed by atoms with Crippen molar-refractivity contribution in [1.29, 1.82) is 0 Å². The van der Waals surface area contributed by atoms with Gasteiger partial charge in [-0.05, 0) is 12.8 Å². The molecule has 0 aromatic carbocycles.